The third kappa shape index (κ3) is 5.65. The number of nitrogens with zero attached hydrogens (tertiary/aromatic N) is 4. The molecule has 1 aromatic carbocycles. The Morgan fingerprint density at radius 2 is 1.93 bits per heavy atom. The summed E-state index contributed by atoms with van der Waals surface area (Å²) >= 11 is 11.3. The Hall–Kier alpha value is -2.23. The molecule has 0 radical (unpaired) electrons. The van der Waals surface area contributed by atoms with E-state index in [1.807, 2.05) is 21.9 Å². The molecule has 0 spiro atoms. The van der Waals surface area contributed by atoms with Crippen LogP contribution in [0.2, 0.25) is 5.02 Å². The largest absolute Gasteiger partial charge is 0.339 e. The summed E-state index contributed by atoms with van der Waals surface area (Å²) in [6.07, 6.45) is 1.71. The first-order valence-electron chi connectivity index (χ1n) is 9.66. The first-order chi connectivity index (χ1) is 14.0. The molecule has 0 atom stereocenters. The average molecular weight is 437 g/mol. The zero-order valence-corrected chi connectivity index (χ0v) is 17.9. The second-order valence-corrected chi connectivity index (χ2v) is 7.76. The van der Waals surface area contributed by atoms with Crippen molar-refractivity contribution in [1.82, 2.24) is 24.6 Å². The number of nitrogens with one attached hydrogen (secondary N) is 2. The van der Waals surface area contributed by atoms with Gasteiger partial charge < -0.3 is 10.2 Å². The van der Waals surface area contributed by atoms with E-state index in [0.29, 0.717) is 41.7 Å². The smallest absolute Gasteiger partial charge is 0.242 e. The fraction of sp³-hybridized carbons (Fsp3) is 0.474. The number of carbonyl (C=O) groups is 2. The number of hydrogen-bond donors (Lipinski definition) is 2. The van der Waals surface area contributed by atoms with Crippen molar-refractivity contribution in [3.63, 3.8) is 0 Å². The van der Waals surface area contributed by atoms with E-state index in [9.17, 15) is 9.59 Å². The van der Waals surface area contributed by atoms with Gasteiger partial charge in [-0.15, -0.1) is 0 Å². The molecule has 0 aliphatic carbocycles. The van der Waals surface area contributed by atoms with Gasteiger partial charge in [0.05, 0.1) is 17.3 Å². The van der Waals surface area contributed by atoms with Gasteiger partial charge in [0, 0.05) is 32.6 Å². The number of anilines is 1. The molecule has 1 aliphatic rings. The van der Waals surface area contributed by atoms with Gasteiger partial charge >= 0.3 is 0 Å². The number of aromatic nitrogens is 3. The lowest BCUT2D eigenvalue weighted by Crippen LogP contribution is -2.51. The van der Waals surface area contributed by atoms with E-state index in [1.165, 1.54) is 0 Å². The third-order valence-electron chi connectivity index (χ3n) is 4.84. The fourth-order valence-corrected chi connectivity index (χ4v) is 3.67. The molecule has 8 nitrogen and oxygen atoms in total. The van der Waals surface area contributed by atoms with Crippen LogP contribution in [0.25, 0.3) is 0 Å². The second-order valence-electron chi connectivity index (χ2n) is 6.97. The first-order valence-corrected chi connectivity index (χ1v) is 10.4. The van der Waals surface area contributed by atoms with Crippen molar-refractivity contribution in [3.05, 3.63) is 39.9 Å². The molecular weight excluding hydrogens is 412 g/mol. The van der Waals surface area contributed by atoms with Crippen LogP contribution in [0.4, 0.5) is 5.69 Å². The lowest BCUT2D eigenvalue weighted by molar-refractivity contribution is -0.133. The number of benzene rings is 1. The normalized spacial score (nSPS) is 14.8. The van der Waals surface area contributed by atoms with Crippen molar-refractivity contribution < 1.29 is 9.59 Å². The Labute approximate surface area is 179 Å². The van der Waals surface area contributed by atoms with Gasteiger partial charge in [-0.1, -0.05) is 30.7 Å². The van der Waals surface area contributed by atoms with Gasteiger partial charge in [0.15, 0.2) is 4.77 Å². The summed E-state index contributed by atoms with van der Waals surface area (Å²) < 4.78 is 2.24. The Morgan fingerprint density at radius 1 is 1.21 bits per heavy atom. The number of aryl methyl sites for hydroxylation is 1. The summed E-state index contributed by atoms with van der Waals surface area (Å²) in [5.74, 6) is 0.701. The van der Waals surface area contributed by atoms with Crippen LogP contribution < -0.4 is 5.32 Å². The highest BCUT2D eigenvalue weighted by Crippen LogP contribution is 2.20. The van der Waals surface area contributed by atoms with Crippen molar-refractivity contribution in [1.29, 1.82) is 0 Å². The van der Waals surface area contributed by atoms with Crippen LogP contribution in [0, 0.1) is 4.77 Å². The fourth-order valence-electron chi connectivity index (χ4n) is 3.27. The number of amides is 2. The molecular formula is C19H25ClN6O2S. The Kier molecular flexibility index (Phi) is 7.40. The summed E-state index contributed by atoms with van der Waals surface area (Å²) in [7, 11) is 0. The summed E-state index contributed by atoms with van der Waals surface area (Å²) in [5.41, 5.74) is 0.604. The van der Waals surface area contributed by atoms with E-state index in [4.69, 9.17) is 23.8 Å². The minimum Gasteiger partial charge on any atom is -0.339 e. The molecule has 0 bridgehead atoms. The number of para-hydroxylation sites is 1. The molecule has 2 aromatic rings. The molecule has 1 saturated heterocycles. The number of carbonyl (C=O) groups excluding carboxylic acids is 2. The standard InChI is InChI=1S/C19H25ClN6O2S/c1-2-5-16-22-23-19(29)26(16)13-18(28)25-10-8-24(9-11-25)12-17(27)21-15-7-4-3-6-14(15)20/h3-4,6-7H,2,5,8-13H2,1H3,(H,21,27)(H,23,29). The number of rotatable bonds is 7. The van der Waals surface area contributed by atoms with Crippen LogP contribution >= 0.6 is 23.8 Å². The molecule has 1 fully saturated rings. The second kappa shape index (κ2) is 10.00. The van der Waals surface area contributed by atoms with Crippen molar-refractivity contribution >= 4 is 41.3 Å². The van der Waals surface area contributed by atoms with Gasteiger partial charge in [-0.2, -0.15) is 5.10 Å². The van der Waals surface area contributed by atoms with Gasteiger partial charge in [-0.25, -0.2) is 0 Å². The lowest BCUT2D eigenvalue weighted by atomic mass is 10.3. The van der Waals surface area contributed by atoms with E-state index in [-0.39, 0.29) is 24.9 Å². The molecule has 156 valence electrons. The molecule has 1 aliphatic heterocycles. The quantitative estimate of drug-likeness (QED) is 0.650. The average Bonchev–Trinajstić information content (AvgIpc) is 3.04. The Morgan fingerprint density at radius 3 is 2.62 bits per heavy atom. The molecule has 3 rings (SSSR count). The highest BCUT2D eigenvalue weighted by molar-refractivity contribution is 7.71. The predicted octanol–water partition coefficient (Wildman–Crippen LogP) is 2.33. The maximum Gasteiger partial charge on any atom is 0.242 e. The maximum absolute atomic E-state index is 12.7. The van der Waals surface area contributed by atoms with Crippen molar-refractivity contribution in [3.8, 4) is 0 Å². The molecule has 2 amide bonds. The Bertz CT molecular complexity index is 919. The van der Waals surface area contributed by atoms with Crippen LogP contribution in [0.5, 0.6) is 0 Å². The van der Waals surface area contributed by atoms with Crippen LogP contribution in [0.3, 0.4) is 0 Å². The van der Waals surface area contributed by atoms with Crippen LogP contribution in [-0.2, 0) is 22.6 Å². The summed E-state index contributed by atoms with van der Waals surface area (Å²) in [5, 5.41) is 10.3. The van der Waals surface area contributed by atoms with Crippen molar-refractivity contribution in [2.24, 2.45) is 0 Å². The van der Waals surface area contributed by atoms with Crippen molar-refractivity contribution in [2.75, 3.05) is 38.0 Å². The Balaban J connectivity index is 1.48. The van der Waals surface area contributed by atoms with E-state index in [0.717, 1.165) is 18.7 Å². The number of hydrogen-bond acceptors (Lipinski definition) is 5. The highest BCUT2D eigenvalue weighted by atomic mass is 35.5. The summed E-state index contributed by atoms with van der Waals surface area (Å²) in [6, 6.07) is 7.14. The third-order valence-corrected chi connectivity index (χ3v) is 5.49. The predicted molar refractivity (Wildman–Crippen MR) is 115 cm³/mol. The van der Waals surface area contributed by atoms with Crippen LogP contribution in [0.1, 0.15) is 19.2 Å². The molecule has 29 heavy (non-hydrogen) atoms. The monoisotopic (exact) mass is 436 g/mol. The van der Waals surface area contributed by atoms with E-state index >= 15 is 0 Å². The topological polar surface area (TPSA) is 86.3 Å². The van der Waals surface area contributed by atoms with E-state index < -0.39 is 0 Å². The maximum atomic E-state index is 12.7. The van der Waals surface area contributed by atoms with Gasteiger partial charge in [0.1, 0.15) is 12.4 Å². The number of halogens is 1. The van der Waals surface area contributed by atoms with E-state index in [1.54, 1.807) is 16.7 Å². The molecule has 2 heterocycles. The summed E-state index contributed by atoms with van der Waals surface area (Å²) in [4.78, 5) is 28.8. The van der Waals surface area contributed by atoms with Gasteiger partial charge in [0.25, 0.3) is 0 Å². The number of H-pyrrole nitrogens is 1. The van der Waals surface area contributed by atoms with Crippen molar-refractivity contribution in [2.45, 2.75) is 26.3 Å². The van der Waals surface area contributed by atoms with Gasteiger partial charge in [-0.3, -0.25) is 24.2 Å². The van der Waals surface area contributed by atoms with Crippen LogP contribution in [0.15, 0.2) is 24.3 Å². The van der Waals surface area contributed by atoms with E-state index in [2.05, 4.69) is 22.4 Å². The summed E-state index contributed by atoms with van der Waals surface area (Å²) in [6.45, 7) is 4.95. The van der Waals surface area contributed by atoms with Gasteiger partial charge in [-0.05, 0) is 30.8 Å². The zero-order valence-electron chi connectivity index (χ0n) is 16.4. The molecule has 0 saturated carbocycles. The lowest BCUT2D eigenvalue weighted by Gasteiger charge is -2.34. The minimum absolute atomic E-state index is 0.0139. The zero-order chi connectivity index (χ0) is 20.8. The molecule has 0 unspecified atom stereocenters. The SMILES string of the molecule is CCCc1n[nH]c(=S)n1CC(=O)N1CCN(CC(=O)Nc2ccccc2Cl)CC1. The van der Waals surface area contributed by atoms with Crippen LogP contribution in [-0.4, -0.2) is 69.1 Å². The number of aromatic amines is 1. The molecule has 1 aromatic heterocycles. The minimum atomic E-state index is -0.119. The molecule has 10 heteroatoms. The number of piperazine rings is 1. The highest BCUT2D eigenvalue weighted by Gasteiger charge is 2.23. The first kappa shape index (κ1) is 21.5. The van der Waals surface area contributed by atoms with Gasteiger partial charge in [0.2, 0.25) is 11.8 Å². The molecule has 2 N–H and O–H groups in total.